The minimum atomic E-state index is 0.376. The molecule has 2 N–H and O–H groups in total. The Balaban J connectivity index is 1.55. The van der Waals surface area contributed by atoms with Crippen LogP contribution >= 0.6 is 11.3 Å². The first-order chi connectivity index (χ1) is 12.2. The molecule has 6 heteroatoms. The quantitative estimate of drug-likeness (QED) is 0.637. The van der Waals surface area contributed by atoms with Crippen LogP contribution in [0.25, 0.3) is 0 Å². The first-order valence-electron chi connectivity index (χ1n) is 8.59. The highest BCUT2D eigenvalue weighted by Crippen LogP contribution is 2.30. The molecule has 0 bridgehead atoms. The summed E-state index contributed by atoms with van der Waals surface area (Å²) in [4.78, 5) is 8.09. The number of anilines is 1. The molecule has 134 valence electrons. The van der Waals surface area contributed by atoms with Crippen molar-refractivity contribution in [1.82, 2.24) is 10.6 Å². The van der Waals surface area contributed by atoms with E-state index in [9.17, 15) is 0 Å². The third kappa shape index (κ3) is 4.25. The van der Waals surface area contributed by atoms with Crippen LogP contribution in [0.2, 0.25) is 0 Å². The first-order valence-corrected chi connectivity index (χ1v) is 9.47. The number of aryl methyl sites for hydroxylation is 1. The molecule has 25 heavy (non-hydrogen) atoms. The highest BCUT2D eigenvalue weighted by Gasteiger charge is 2.25. The monoisotopic (exact) mass is 358 g/mol. The standard InChI is InChI=1S/C19H26N4OS/c1-14-9-11-25-18(14)12-21-19(20-2)22-15-8-10-23(13-15)16-6-4-5-7-17(16)24-3/h4-7,9,11,15H,8,10,12-13H2,1-3H3,(H2,20,21,22). The molecule has 2 aromatic rings. The van der Waals surface area contributed by atoms with E-state index in [4.69, 9.17) is 4.74 Å². The predicted octanol–water partition coefficient (Wildman–Crippen LogP) is 3.01. The molecule has 2 heterocycles. The average Bonchev–Trinajstić information content (AvgIpc) is 3.27. The molecule has 5 nitrogen and oxygen atoms in total. The van der Waals surface area contributed by atoms with Crippen LogP contribution in [-0.4, -0.2) is 39.2 Å². The fourth-order valence-electron chi connectivity index (χ4n) is 3.13. The highest BCUT2D eigenvalue weighted by molar-refractivity contribution is 7.10. The van der Waals surface area contributed by atoms with Crippen molar-refractivity contribution in [3.8, 4) is 5.75 Å². The van der Waals surface area contributed by atoms with Gasteiger partial charge in [-0.25, -0.2) is 0 Å². The molecule has 0 spiro atoms. The van der Waals surface area contributed by atoms with Gasteiger partial charge >= 0.3 is 0 Å². The summed E-state index contributed by atoms with van der Waals surface area (Å²) in [7, 11) is 3.55. The molecular formula is C19H26N4OS. The van der Waals surface area contributed by atoms with Crippen LogP contribution in [-0.2, 0) is 6.54 Å². The number of methoxy groups -OCH3 is 1. The number of aliphatic imine (C=N–C) groups is 1. The summed E-state index contributed by atoms with van der Waals surface area (Å²) in [5, 5.41) is 9.10. The Bertz CT molecular complexity index is 728. The van der Waals surface area contributed by atoms with Gasteiger partial charge in [-0.3, -0.25) is 4.99 Å². The topological polar surface area (TPSA) is 48.9 Å². The minimum absolute atomic E-state index is 0.376. The fourth-order valence-corrected chi connectivity index (χ4v) is 3.97. The maximum atomic E-state index is 5.49. The second kappa shape index (κ2) is 8.25. The summed E-state index contributed by atoms with van der Waals surface area (Å²) < 4.78 is 5.49. The maximum absolute atomic E-state index is 5.49. The average molecular weight is 359 g/mol. The zero-order valence-corrected chi connectivity index (χ0v) is 15.9. The predicted molar refractivity (Wildman–Crippen MR) is 106 cm³/mol. The highest BCUT2D eigenvalue weighted by atomic mass is 32.1. The zero-order chi connectivity index (χ0) is 17.6. The normalized spacial score (nSPS) is 17.6. The molecule has 1 aromatic heterocycles. The summed E-state index contributed by atoms with van der Waals surface area (Å²) >= 11 is 1.78. The second-order valence-electron chi connectivity index (χ2n) is 6.20. The Hall–Kier alpha value is -2.21. The number of ether oxygens (including phenoxy) is 1. The van der Waals surface area contributed by atoms with Crippen molar-refractivity contribution < 1.29 is 4.74 Å². The molecule has 1 unspecified atom stereocenters. The lowest BCUT2D eigenvalue weighted by atomic mass is 10.2. The molecular weight excluding hydrogens is 332 g/mol. The van der Waals surface area contributed by atoms with Gasteiger partial charge < -0.3 is 20.3 Å². The van der Waals surface area contributed by atoms with E-state index in [1.807, 2.05) is 19.2 Å². The van der Waals surface area contributed by atoms with E-state index in [2.05, 4.69) is 51.0 Å². The van der Waals surface area contributed by atoms with E-state index in [0.29, 0.717) is 6.04 Å². The molecule has 0 aliphatic carbocycles. The Morgan fingerprint density at radius 3 is 2.92 bits per heavy atom. The molecule has 1 atom stereocenters. The smallest absolute Gasteiger partial charge is 0.191 e. The lowest BCUT2D eigenvalue weighted by Crippen LogP contribution is -2.44. The van der Waals surface area contributed by atoms with E-state index in [0.717, 1.165) is 43.5 Å². The van der Waals surface area contributed by atoms with Gasteiger partial charge in [0.1, 0.15) is 5.75 Å². The lowest BCUT2D eigenvalue weighted by Gasteiger charge is -2.22. The van der Waals surface area contributed by atoms with Crippen molar-refractivity contribution in [2.75, 3.05) is 32.1 Å². The Kier molecular flexibility index (Phi) is 5.81. The van der Waals surface area contributed by atoms with E-state index in [1.54, 1.807) is 18.4 Å². The van der Waals surface area contributed by atoms with Gasteiger partial charge in [0, 0.05) is 31.1 Å². The lowest BCUT2D eigenvalue weighted by molar-refractivity contribution is 0.415. The third-order valence-electron chi connectivity index (χ3n) is 4.56. The van der Waals surface area contributed by atoms with E-state index < -0.39 is 0 Å². The number of guanidine groups is 1. The maximum Gasteiger partial charge on any atom is 0.191 e. The third-order valence-corrected chi connectivity index (χ3v) is 5.59. The van der Waals surface area contributed by atoms with Gasteiger partial charge in [-0.2, -0.15) is 0 Å². The zero-order valence-electron chi connectivity index (χ0n) is 15.1. The Morgan fingerprint density at radius 2 is 2.20 bits per heavy atom. The number of nitrogens with one attached hydrogen (secondary N) is 2. The van der Waals surface area contributed by atoms with Crippen LogP contribution in [0, 0.1) is 6.92 Å². The van der Waals surface area contributed by atoms with Crippen molar-refractivity contribution >= 4 is 23.0 Å². The molecule has 1 aliphatic rings. The van der Waals surface area contributed by atoms with Gasteiger partial charge in [0.2, 0.25) is 0 Å². The molecule has 1 aromatic carbocycles. The molecule has 0 amide bonds. The van der Waals surface area contributed by atoms with Crippen LogP contribution in [0.1, 0.15) is 16.9 Å². The number of hydrogen-bond donors (Lipinski definition) is 2. The molecule has 0 radical (unpaired) electrons. The molecule has 3 rings (SSSR count). The van der Waals surface area contributed by atoms with Gasteiger partial charge in [-0.15, -0.1) is 11.3 Å². The van der Waals surface area contributed by atoms with Gasteiger partial charge in [0.15, 0.2) is 5.96 Å². The summed E-state index contributed by atoms with van der Waals surface area (Å²) in [5.74, 6) is 1.79. The van der Waals surface area contributed by atoms with Crippen LogP contribution in [0.3, 0.4) is 0 Å². The van der Waals surface area contributed by atoms with Crippen LogP contribution < -0.4 is 20.3 Å². The molecule has 1 aliphatic heterocycles. The van der Waals surface area contributed by atoms with Gasteiger partial charge in [-0.05, 0) is 42.5 Å². The van der Waals surface area contributed by atoms with Gasteiger partial charge in [-0.1, -0.05) is 12.1 Å². The molecule has 1 fully saturated rings. The minimum Gasteiger partial charge on any atom is -0.495 e. The number of rotatable bonds is 5. The fraction of sp³-hybridized carbons (Fsp3) is 0.421. The summed E-state index contributed by atoms with van der Waals surface area (Å²) in [6, 6.07) is 10.7. The van der Waals surface area contributed by atoms with Crippen molar-refractivity contribution in [3.05, 3.63) is 46.2 Å². The number of para-hydroxylation sites is 2. The first kappa shape index (κ1) is 17.6. The van der Waals surface area contributed by atoms with Gasteiger partial charge in [0.25, 0.3) is 0 Å². The molecule has 1 saturated heterocycles. The van der Waals surface area contributed by atoms with E-state index >= 15 is 0 Å². The SMILES string of the molecule is CN=C(NCc1sccc1C)NC1CCN(c2ccccc2OC)C1. The summed E-state index contributed by atoms with van der Waals surface area (Å²) in [6.45, 7) is 4.91. The number of nitrogens with zero attached hydrogens (tertiary/aromatic N) is 2. The molecule has 0 saturated carbocycles. The van der Waals surface area contributed by atoms with Crippen LogP contribution in [0.5, 0.6) is 5.75 Å². The van der Waals surface area contributed by atoms with Crippen molar-refractivity contribution in [2.24, 2.45) is 4.99 Å². The second-order valence-corrected chi connectivity index (χ2v) is 7.20. The van der Waals surface area contributed by atoms with Crippen LogP contribution in [0.4, 0.5) is 5.69 Å². The van der Waals surface area contributed by atoms with E-state index in [-0.39, 0.29) is 0 Å². The Morgan fingerprint density at radius 1 is 1.36 bits per heavy atom. The largest absolute Gasteiger partial charge is 0.495 e. The number of thiophene rings is 1. The van der Waals surface area contributed by atoms with Gasteiger partial charge in [0.05, 0.1) is 19.3 Å². The van der Waals surface area contributed by atoms with E-state index in [1.165, 1.54) is 10.4 Å². The summed E-state index contributed by atoms with van der Waals surface area (Å²) in [6.07, 6.45) is 1.08. The number of benzene rings is 1. The van der Waals surface area contributed by atoms with Crippen molar-refractivity contribution in [1.29, 1.82) is 0 Å². The van der Waals surface area contributed by atoms with Crippen molar-refractivity contribution in [2.45, 2.75) is 25.9 Å². The summed E-state index contributed by atoms with van der Waals surface area (Å²) in [5.41, 5.74) is 2.49. The van der Waals surface area contributed by atoms with Crippen LogP contribution in [0.15, 0.2) is 40.7 Å². The number of hydrogen-bond acceptors (Lipinski definition) is 4. The Labute approximate surface area is 153 Å². The van der Waals surface area contributed by atoms with Crippen molar-refractivity contribution in [3.63, 3.8) is 0 Å².